The van der Waals surface area contributed by atoms with Crippen molar-refractivity contribution in [2.24, 2.45) is 0 Å². The normalized spacial score (nSPS) is 15.5. The zero-order valence-electron chi connectivity index (χ0n) is 8.42. The van der Waals surface area contributed by atoms with Crippen LogP contribution in [0.2, 0.25) is 0 Å². The van der Waals surface area contributed by atoms with Crippen LogP contribution >= 0.6 is 0 Å². The van der Waals surface area contributed by atoms with Crippen molar-refractivity contribution in [3.8, 4) is 0 Å². The average Bonchev–Trinajstić information content (AvgIpc) is 2.72. The topological polar surface area (TPSA) is 57.5 Å². The van der Waals surface area contributed by atoms with Gasteiger partial charge in [-0.1, -0.05) is 36.4 Å². The monoisotopic (exact) mass is 214 g/mol. The number of hydrogen-bond donors (Lipinski definition) is 2. The Balaban J connectivity index is 0.000000457. The molecule has 2 N–H and O–H groups in total. The van der Waals surface area contributed by atoms with Gasteiger partial charge >= 0.3 is 0 Å². The standard InChI is InChI=1S/C13H8O.H2O2/c14-13-7-3-6-11-10-5-2-1-4-9(10)8-12(11)13;1-2/h1-8H;1-2H. The first-order chi connectivity index (χ1) is 7.86. The van der Waals surface area contributed by atoms with Crippen molar-refractivity contribution in [2.45, 2.75) is 0 Å². The van der Waals surface area contributed by atoms with E-state index < -0.39 is 0 Å². The molecule has 2 aliphatic carbocycles. The fourth-order valence-electron chi connectivity index (χ4n) is 1.95. The molecule has 0 unspecified atom stereocenters. The fourth-order valence-corrected chi connectivity index (χ4v) is 1.95. The molecule has 0 atom stereocenters. The molecule has 0 spiro atoms. The number of rotatable bonds is 0. The Morgan fingerprint density at radius 3 is 2.56 bits per heavy atom. The van der Waals surface area contributed by atoms with Crippen LogP contribution in [0.5, 0.6) is 0 Å². The van der Waals surface area contributed by atoms with E-state index in [1.165, 1.54) is 5.56 Å². The summed E-state index contributed by atoms with van der Waals surface area (Å²) in [4.78, 5) is 11.5. The van der Waals surface area contributed by atoms with Crippen LogP contribution in [0.1, 0.15) is 11.1 Å². The van der Waals surface area contributed by atoms with Crippen molar-refractivity contribution < 1.29 is 15.3 Å². The van der Waals surface area contributed by atoms with Crippen LogP contribution in [0.15, 0.2) is 48.1 Å². The van der Waals surface area contributed by atoms with Crippen LogP contribution in [0.4, 0.5) is 0 Å². The third-order valence-corrected chi connectivity index (χ3v) is 2.62. The lowest BCUT2D eigenvalue weighted by atomic mass is 9.96. The SMILES string of the molecule is O=C1C=CC=C2C1=Cc1ccccc12.OO. The number of ketones is 1. The van der Waals surface area contributed by atoms with Crippen molar-refractivity contribution in [1.82, 2.24) is 0 Å². The number of benzene rings is 1. The molecular weight excluding hydrogens is 204 g/mol. The van der Waals surface area contributed by atoms with Gasteiger partial charge in [-0.3, -0.25) is 15.3 Å². The Labute approximate surface area is 92.6 Å². The largest absolute Gasteiger partial charge is 0.289 e. The Hall–Kier alpha value is -1.97. The third kappa shape index (κ3) is 1.52. The minimum atomic E-state index is 0.110. The second-order valence-electron chi connectivity index (χ2n) is 3.45. The highest BCUT2D eigenvalue weighted by molar-refractivity contribution is 6.23. The lowest BCUT2D eigenvalue weighted by Crippen LogP contribution is -2.00. The molecule has 0 aromatic heterocycles. The van der Waals surface area contributed by atoms with E-state index in [1.54, 1.807) is 6.08 Å². The number of carbonyl (C=O) groups is 1. The molecule has 1 aromatic carbocycles. The molecule has 0 saturated carbocycles. The lowest BCUT2D eigenvalue weighted by molar-refractivity contribution is -0.176. The van der Waals surface area contributed by atoms with Crippen LogP contribution in [-0.4, -0.2) is 16.3 Å². The van der Waals surface area contributed by atoms with Crippen molar-refractivity contribution >= 4 is 17.4 Å². The lowest BCUT2D eigenvalue weighted by Gasteiger charge is -2.06. The fraction of sp³-hybridized carbons (Fsp3) is 0. The average molecular weight is 214 g/mol. The van der Waals surface area contributed by atoms with Crippen LogP contribution in [-0.2, 0) is 4.79 Å². The molecule has 0 bridgehead atoms. The van der Waals surface area contributed by atoms with Gasteiger partial charge in [0.05, 0.1) is 0 Å². The summed E-state index contributed by atoms with van der Waals surface area (Å²) in [5, 5.41) is 12.0. The van der Waals surface area contributed by atoms with Crippen LogP contribution in [0, 0.1) is 0 Å². The maximum Gasteiger partial charge on any atom is 0.186 e. The summed E-state index contributed by atoms with van der Waals surface area (Å²) in [7, 11) is 0. The molecule has 16 heavy (non-hydrogen) atoms. The summed E-state index contributed by atoms with van der Waals surface area (Å²) in [6, 6.07) is 8.08. The number of hydrogen-bond acceptors (Lipinski definition) is 3. The third-order valence-electron chi connectivity index (χ3n) is 2.62. The van der Waals surface area contributed by atoms with E-state index in [0.29, 0.717) is 0 Å². The van der Waals surface area contributed by atoms with Crippen LogP contribution in [0.25, 0.3) is 11.6 Å². The first-order valence-electron chi connectivity index (χ1n) is 4.80. The Bertz CT molecular complexity index is 522. The van der Waals surface area contributed by atoms with Crippen molar-refractivity contribution in [3.05, 3.63) is 59.2 Å². The Kier molecular flexibility index (Phi) is 2.81. The van der Waals surface area contributed by atoms with Gasteiger partial charge in [0.2, 0.25) is 0 Å². The quantitative estimate of drug-likeness (QED) is 0.515. The molecule has 0 fully saturated rings. The summed E-state index contributed by atoms with van der Waals surface area (Å²) in [6.45, 7) is 0. The van der Waals surface area contributed by atoms with Gasteiger partial charge in [0.15, 0.2) is 5.78 Å². The zero-order chi connectivity index (χ0) is 11.5. The van der Waals surface area contributed by atoms with E-state index in [-0.39, 0.29) is 5.78 Å². The predicted molar refractivity (Wildman–Crippen MR) is 61.8 cm³/mol. The molecular formula is C13H10O3. The Morgan fingerprint density at radius 1 is 1.00 bits per heavy atom. The summed E-state index contributed by atoms with van der Waals surface area (Å²) in [6.07, 6.45) is 7.39. The summed E-state index contributed by atoms with van der Waals surface area (Å²) in [5.74, 6) is 0.110. The minimum Gasteiger partial charge on any atom is -0.289 e. The molecule has 0 aliphatic heterocycles. The van der Waals surface area contributed by atoms with E-state index in [4.69, 9.17) is 10.5 Å². The first-order valence-corrected chi connectivity index (χ1v) is 4.80. The van der Waals surface area contributed by atoms with E-state index in [2.05, 4.69) is 6.07 Å². The van der Waals surface area contributed by atoms with Crippen molar-refractivity contribution in [2.75, 3.05) is 0 Å². The molecule has 0 amide bonds. The molecule has 3 nitrogen and oxygen atoms in total. The second kappa shape index (κ2) is 4.26. The highest BCUT2D eigenvalue weighted by Crippen LogP contribution is 2.37. The molecule has 3 heteroatoms. The van der Waals surface area contributed by atoms with E-state index >= 15 is 0 Å². The van der Waals surface area contributed by atoms with Crippen molar-refractivity contribution in [1.29, 1.82) is 0 Å². The molecule has 3 rings (SSSR count). The molecule has 2 aliphatic rings. The van der Waals surface area contributed by atoms with Gasteiger partial charge < -0.3 is 0 Å². The number of allylic oxidation sites excluding steroid dienone is 5. The highest BCUT2D eigenvalue weighted by atomic mass is 17.0. The Morgan fingerprint density at radius 2 is 1.75 bits per heavy atom. The molecule has 0 heterocycles. The predicted octanol–water partition coefficient (Wildman–Crippen LogP) is 2.62. The first kappa shape index (κ1) is 10.5. The second-order valence-corrected chi connectivity index (χ2v) is 3.45. The molecule has 80 valence electrons. The zero-order valence-corrected chi connectivity index (χ0v) is 8.42. The smallest absolute Gasteiger partial charge is 0.186 e. The van der Waals surface area contributed by atoms with Gasteiger partial charge in [-0.05, 0) is 28.9 Å². The number of fused-ring (bicyclic) bond motifs is 3. The van der Waals surface area contributed by atoms with E-state index in [0.717, 1.165) is 16.7 Å². The van der Waals surface area contributed by atoms with Gasteiger partial charge in [-0.2, -0.15) is 0 Å². The van der Waals surface area contributed by atoms with Gasteiger partial charge in [0.25, 0.3) is 0 Å². The van der Waals surface area contributed by atoms with Crippen LogP contribution in [0.3, 0.4) is 0 Å². The maximum absolute atomic E-state index is 11.5. The van der Waals surface area contributed by atoms with Gasteiger partial charge in [0, 0.05) is 5.57 Å². The van der Waals surface area contributed by atoms with Crippen LogP contribution < -0.4 is 0 Å². The summed E-state index contributed by atoms with van der Waals surface area (Å²) >= 11 is 0. The summed E-state index contributed by atoms with van der Waals surface area (Å²) in [5.41, 5.74) is 4.20. The van der Waals surface area contributed by atoms with Gasteiger partial charge in [-0.15, -0.1) is 0 Å². The van der Waals surface area contributed by atoms with Crippen molar-refractivity contribution in [3.63, 3.8) is 0 Å². The molecule has 1 aromatic rings. The molecule has 0 saturated heterocycles. The summed E-state index contributed by atoms with van der Waals surface area (Å²) < 4.78 is 0. The van der Waals surface area contributed by atoms with Gasteiger partial charge in [-0.25, -0.2) is 0 Å². The maximum atomic E-state index is 11.5. The molecule has 0 radical (unpaired) electrons. The minimum absolute atomic E-state index is 0.110. The van der Waals surface area contributed by atoms with E-state index in [1.807, 2.05) is 36.4 Å². The van der Waals surface area contributed by atoms with E-state index in [9.17, 15) is 4.79 Å². The van der Waals surface area contributed by atoms with Gasteiger partial charge in [0.1, 0.15) is 0 Å². The highest BCUT2D eigenvalue weighted by Gasteiger charge is 2.23. The number of carbonyl (C=O) groups excluding carboxylic acids is 1.